The van der Waals surface area contributed by atoms with Crippen LogP contribution in [0.1, 0.15) is 37.3 Å². The Morgan fingerprint density at radius 2 is 1.52 bits per heavy atom. The van der Waals surface area contributed by atoms with Crippen LogP contribution in [0.15, 0.2) is 60.7 Å². The van der Waals surface area contributed by atoms with Crippen LogP contribution >= 0.6 is 0 Å². The molecule has 0 spiro atoms. The fourth-order valence-electron chi connectivity index (χ4n) is 3.91. The Balaban J connectivity index is 2.20. The van der Waals surface area contributed by atoms with Crippen molar-refractivity contribution in [2.24, 2.45) is 11.7 Å². The van der Waals surface area contributed by atoms with Crippen LogP contribution in [0, 0.1) is 5.92 Å². The summed E-state index contributed by atoms with van der Waals surface area (Å²) in [5, 5.41) is 3.00. The van der Waals surface area contributed by atoms with Crippen LogP contribution in [-0.4, -0.2) is 12.1 Å². The summed E-state index contributed by atoms with van der Waals surface area (Å²) in [6, 6.07) is 20.4. The number of amides is 1. The molecule has 0 aliphatic carbocycles. The van der Waals surface area contributed by atoms with Crippen LogP contribution in [0.4, 0.5) is 0 Å². The molecule has 1 amide bonds. The van der Waals surface area contributed by atoms with Gasteiger partial charge in [0.05, 0.1) is 17.5 Å². The lowest BCUT2D eigenvalue weighted by molar-refractivity contribution is -0.123. The number of hydrogen-bond acceptors (Lipinski definition) is 2. The highest BCUT2D eigenvalue weighted by molar-refractivity contribution is 5.85. The zero-order valence-corrected chi connectivity index (χ0v) is 13.5. The van der Waals surface area contributed by atoms with Crippen LogP contribution < -0.4 is 11.1 Å². The minimum atomic E-state index is -0.505. The second-order valence-electron chi connectivity index (χ2n) is 6.28. The smallest absolute Gasteiger partial charge is 0.225 e. The molecule has 3 heteroatoms. The summed E-state index contributed by atoms with van der Waals surface area (Å²) in [7, 11) is 0. The van der Waals surface area contributed by atoms with Gasteiger partial charge in [-0.3, -0.25) is 4.79 Å². The summed E-state index contributed by atoms with van der Waals surface area (Å²) in [6.45, 7) is 2.15. The molecule has 1 fully saturated rings. The lowest BCUT2D eigenvalue weighted by atomic mass is 9.64. The van der Waals surface area contributed by atoms with Crippen LogP contribution in [0.3, 0.4) is 0 Å². The molecule has 2 aromatic rings. The minimum Gasteiger partial charge on any atom is -0.339 e. The van der Waals surface area contributed by atoms with Crippen molar-refractivity contribution in [1.29, 1.82) is 0 Å². The third-order valence-electron chi connectivity index (χ3n) is 5.00. The molecule has 23 heavy (non-hydrogen) atoms. The van der Waals surface area contributed by atoms with Gasteiger partial charge in [0, 0.05) is 0 Å². The van der Waals surface area contributed by atoms with Crippen LogP contribution in [0.25, 0.3) is 0 Å². The van der Waals surface area contributed by atoms with Gasteiger partial charge in [0.15, 0.2) is 0 Å². The van der Waals surface area contributed by atoms with E-state index in [2.05, 4.69) is 36.5 Å². The Morgan fingerprint density at radius 3 is 2.00 bits per heavy atom. The highest BCUT2D eigenvalue weighted by atomic mass is 16.2. The fourth-order valence-corrected chi connectivity index (χ4v) is 3.91. The summed E-state index contributed by atoms with van der Waals surface area (Å²) in [6.07, 6.45) is 2.52. The number of nitrogens with one attached hydrogen (secondary N) is 1. The molecule has 3 N–H and O–H groups in total. The maximum absolute atomic E-state index is 12.7. The topological polar surface area (TPSA) is 55.1 Å². The van der Waals surface area contributed by atoms with Crippen molar-refractivity contribution in [2.45, 2.75) is 37.8 Å². The summed E-state index contributed by atoms with van der Waals surface area (Å²) >= 11 is 0. The van der Waals surface area contributed by atoms with Crippen molar-refractivity contribution < 1.29 is 4.79 Å². The van der Waals surface area contributed by atoms with Gasteiger partial charge < -0.3 is 11.1 Å². The first kappa shape index (κ1) is 15.8. The molecular formula is C20H24N2O. The molecule has 1 heterocycles. The molecule has 2 atom stereocenters. The SMILES string of the molecule is CCCCC1C(=O)NC(N)C1(c1ccccc1)c1ccccc1. The first-order valence-corrected chi connectivity index (χ1v) is 8.38. The van der Waals surface area contributed by atoms with E-state index in [1.807, 2.05) is 36.4 Å². The third-order valence-corrected chi connectivity index (χ3v) is 5.00. The highest BCUT2D eigenvalue weighted by Crippen LogP contribution is 2.46. The standard InChI is InChI=1S/C20H24N2O/c1-2-3-14-17-18(23)22-19(21)20(17,15-10-6-4-7-11-15)16-12-8-5-9-13-16/h4-13,17,19H,2-3,14,21H2,1H3,(H,22,23). The molecule has 1 aliphatic rings. The number of nitrogens with two attached hydrogens (primary N) is 1. The van der Waals surface area contributed by atoms with Gasteiger partial charge in [-0.25, -0.2) is 0 Å². The molecule has 120 valence electrons. The zero-order chi connectivity index (χ0) is 16.3. The Labute approximate surface area is 137 Å². The first-order valence-electron chi connectivity index (χ1n) is 8.38. The molecule has 2 unspecified atom stereocenters. The molecule has 1 aliphatic heterocycles. The second kappa shape index (κ2) is 6.55. The van der Waals surface area contributed by atoms with Crippen molar-refractivity contribution in [3.05, 3.63) is 71.8 Å². The number of carbonyl (C=O) groups excluding carboxylic acids is 1. The van der Waals surface area contributed by atoms with Gasteiger partial charge in [-0.05, 0) is 17.5 Å². The molecule has 3 rings (SSSR count). The maximum atomic E-state index is 12.7. The van der Waals surface area contributed by atoms with E-state index in [0.717, 1.165) is 30.4 Å². The average molecular weight is 308 g/mol. The van der Waals surface area contributed by atoms with E-state index in [9.17, 15) is 4.79 Å². The van der Waals surface area contributed by atoms with Gasteiger partial charge in [-0.1, -0.05) is 80.4 Å². The zero-order valence-electron chi connectivity index (χ0n) is 13.5. The Hall–Kier alpha value is -2.13. The first-order chi connectivity index (χ1) is 11.2. The summed E-state index contributed by atoms with van der Waals surface area (Å²) in [5.74, 6) is -0.0686. The highest BCUT2D eigenvalue weighted by Gasteiger charge is 2.55. The number of rotatable bonds is 5. The second-order valence-corrected chi connectivity index (χ2v) is 6.28. The third kappa shape index (κ3) is 2.55. The quantitative estimate of drug-likeness (QED) is 0.891. The molecule has 0 radical (unpaired) electrons. The average Bonchev–Trinajstić information content (AvgIpc) is 2.85. The molecule has 0 aromatic heterocycles. The Morgan fingerprint density at radius 1 is 1.00 bits per heavy atom. The van der Waals surface area contributed by atoms with Crippen LogP contribution in [0.2, 0.25) is 0 Å². The number of benzene rings is 2. The maximum Gasteiger partial charge on any atom is 0.225 e. The Kier molecular flexibility index (Phi) is 4.49. The molecule has 3 nitrogen and oxygen atoms in total. The number of hydrogen-bond donors (Lipinski definition) is 2. The van der Waals surface area contributed by atoms with E-state index in [-0.39, 0.29) is 11.8 Å². The molecule has 2 aromatic carbocycles. The summed E-state index contributed by atoms with van der Waals surface area (Å²) in [5.41, 5.74) is 8.21. The van der Waals surface area contributed by atoms with E-state index in [0.29, 0.717) is 0 Å². The predicted molar refractivity (Wildman–Crippen MR) is 92.8 cm³/mol. The molecular weight excluding hydrogens is 284 g/mol. The van der Waals surface area contributed by atoms with Gasteiger partial charge >= 0.3 is 0 Å². The van der Waals surface area contributed by atoms with E-state index >= 15 is 0 Å². The van der Waals surface area contributed by atoms with E-state index < -0.39 is 11.6 Å². The molecule has 0 saturated carbocycles. The van der Waals surface area contributed by atoms with E-state index in [4.69, 9.17) is 5.73 Å². The van der Waals surface area contributed by atoms with Gasteiger partial charge in [0.1, 0.15) is 0 Å². The summed E-state index contributed by atoms with van der Waals surface area (Å²) < 4.78 is 0. The van der Waals surface area contributed by atoms with Crippen LogP contribution in [-0.2, 0) is 10.2 Å². The van der Waals surface area contributed by atoms with Crippen LogP contribution in [0.5, 0.6) is 0 Å². The van der Waals surface area contributed by atoms with Crippen molar-refractivity contribution in [3.63, 3.8) is 0 Å². The molecule has 1 saturated heterocycles. The van der Waals surface area contributed by atoms with E-state index in [1.54, 1.807) is 0 Å². The van der Waals surface area contributed by atoms with Gasteiger partial charge in [0.25, 0.3) is 0 Å². The van der Waals surface area contributed by atoms with E-state index in [1.165, 1.54) is 0 Å². The Bertz CT molecular complexity index is 614. The lowest BCUT2D eigenvalue weighted by Crippen LogP contribution is -2.50. The largest absolute Gasteiger partial charge is 0.339 e. The number of carbonyl (C=O) groups is 1. The molecule has 0 bridgehead atoms. The number of unbranched alkanes of at least 4 members (excludes halogenated alkanes) is 1. The predicted octanol–water partition coefficient (Wildman–Crippen LogP) is 3.19. The van der Waals surface area contributed by atoms with Gasteiger partial charge in [-0.2, -0.15) is 0 Å². The normalized spacial score (nSPS) is 22.8. The van der Waals surface area contributed by atoms with Crippen molar-refractivity contribution in [2.75, 3.05) is 0 Å². The monoisotopic (exact) mass is 308 g/mol. The van der Waals surface area contributed by atoms with Crippen molar-refractivity contribution in [3.8, 4) is 0 Å². The minimum absolute atomic E-state index is 0.0682. The summed E-state index contributed by atoms with van der Waals surface area (Å²) in [4.78, 5) is 12.7. The van der Waals surface area contributed by atoms with Crippen molar-refractivity contribution in [1.82, 2.24) is 5.32 Å². The van der Waals surface area contributed by atoms with Crippen molar-refractivity contribution >= 4 is 5.91 Å². The fraction of sp³-hybridized carbons (Fsp3) is 0.350. The van der Waals surface area contributed by atoms with Gasteiger partial charge in [-0.15, -0.1) is 0 Å². The lowest BCUT2D eigenvalue weighted by Gasteiger charge is -2.38. The van der Waals surface area contributed by atoms with Gasteiger partial charge in [0.2, 0.25) is 5.91 Å².